The first kappa shape index (κ1) is 18.8. The predicted molar refractivity (Wildman–Crippen MR) is 92.7 cm³/mol. The third-order valence-electron chi connectivity index (χ3n) is 3.56. The maximum Gasteiger partial charge on any atom is 0.226 e. The number of halogens is 1. The molecule has 1 amide bonds. The summed E-state index contributed by atoms with van der Waals surface area (Å²) in [5.41, 5.74) is 0.642. The number of nitrogens with one attached hydrogen (secondary N) is 1. The molecule has 1 aromatic carbocycles. The summed E-state index contributed by atoms with van der Waals surface area (Å²) in [7, 11) is 0. The van der Waals surface area contributed by atoms with Crippen LogP contribution in [0.1, 0.15) is 45.6 Å². The summed E-state index contributed by atoms with van der Waals surface area (Å²) in [6, 6.07) is 8.07. The summed E-state index contributed by atoms with van der Waals surface area (Å²) in [6.45, 7) is 7.25. The number of carbonyl (C=O) groups is 1. The molecule has 1 N–H and O–H groups in total. The quantitative estimate of drug-likeness (QED) is 0.517. The van der Waals surface area contributed by atoms with Gasteiger partial charge < -0.3 is 10.1 Å². The molecule has 0 atom stereocenters. The second kappa shape index (κ2) is 9.73. The van der Waals surface area contributed by atoms with Gasteiger partial charge in [0, 0.05) is 12.4 Å². The number of hydrogen-bond donors (Lipinski definition) is 1. The number of carbonyl (C=O) groups excluding carboxylic acids is 1. The lowest BCUT2D eigenvalue weighted by atomic mass is 9.95. The Balaban J connectivity index is 2.38. The van der Waals surface area contributed by atoms with Crippen LogP contribution in [-0.4, -0.2) is 24.9 Å². The zero-order valence-electron chi connectivity index (χ0n) is 14.0. The molecule has 22 heavy (non-hydrogen) atoms. The minimum absolute atomic E-state index is 0.00512. The highest BCUT2D eigenvalue weighted by molar-refractivity contribution is 6.19. The molecule has 0 saturated heterocycles. The number of unbranched alkanes of at least 4 members (excludes halogenated alkanes) is 2. The number of amides is 1. The van der Waals surface area contributed by atoms with E-state index in [1.165, 1.54) is 12.8 Å². The van der Waals surface area contributed by atoms with Crippen LogP contribution in [-0.2, 0) is 11.2 Å². The number of rotatable bonds is 10. The van der Waals surface area contributed by atoms with Gasteiger partial charge >= 0.3 is 0 Å². The third kappa shape index (κ3) is 6.69. The molecule has 0 saturated carbocycles. The van der Waals surface area contributed by atoms with E-state index >= 15 is 0 Å². The standard InChI is InChI=1S/C18H28ClNO2/c1-4-5-6-12-22-16-9-7-8-15(13-16)10-11-20-17(21)18(2,3)14-19/h7-9,13H,4-6,10-12,14H2,1-3H3,(H,20,21). The van der Waals surface area contributed by atoms with Gasteiger partial charge in [-0.3, -0.25) is 4.79 Å². The smallest absolute Gasteiger partial charge is 0.226 e. The van der Waals surface area contributed by atoms with Crippen molar-refractivity contribution in [2.24, 2.45) is 5.41 Å². The molecule has 0 aliphatic carbocycles. The highest BCUT2D eigenvalue weighted by Crippen LogP contribution is 2.17. The molecule has 0 unspecified atom stereocenters. The lowest BCUT2D eigenvalue weighted by Gasteiger charge is -2.20. The predicted octanol–water partition coefficient (Wildman–Crippen LogP) is 4.18. The van der Waals surface area contributed by atoms with Crippen molar-refractivity contribution in [3.05, 3.63) is 29.8 Å². The van der Waals surface area contributed by atoms with Crippen molar-refractivity contribution in [3.63, 3.8) is 0 Å². The van der Waals surface area contributed by atoms with E-state index in [0.29, 0.717) is 12.4 Å². The second-order valence-corrected chi connectivity index (χ2v) is 6.49. The van der Waals surface area contributed by atoms with Crippen LogP contribution in [0.25, 0.3) is 0 Å². The molecule has 0 heterocycles. The molecule has 4 heteroatoms. The maximum atomic E-state index is 11.9. The summed E-state index contributed by atoms with van der Waals surface area (Å²) >= 11 is 5.80. The Labute approximate surface area is 139 Å². The molecular weight excluding hydrogens is 298 g/mol. The van der Waals surface area contributed by atoms with Crippen LogP contribution in [0.3, 0.4) is 0 Å². The van der Waals surface area contributed by atoms with E-state index < -0.39 is 5.41 Å². The second-order valence-electron chi connectivity index (χ2n) is 6.23. The molecule has 0 aromatic heterocycles. The van der Waals surface area contributed by atoms with Gasteiger partial charge in [0.1, 0.15) is 5.75 Å². The van der Waals surface area contributed by atoms with Crippen molar-refractivity contribution in [2.45, 2.75) is 46.5 Å². The van der Waals surface area contributed by atoms with Gasteiger partial charge in [-0.2, -0.15) is 0 Å². The van der Waals surface area contributed by atoms with Crippen molar-refractivity contribution in [1.29, 1.82) is 0 Å². The van der Waals surface area contributed by atoms with Gasteiger partial charge in [0.2, 0.25) is 5.91 Å². The lowest BCUT2D eigenvalue weighted by Crippen LogP contribution is -2.39. The molecule has 1 aromatic rings. The van der Waals surface area contributed by atoms with E-state index in [0.717, 1.165) is 30.8 Å². The summed E-state index contributed by atoms with van der Waals surface area (Å²) in [6.07, 6.45) is 4.27. The molecule has 0 fully saturated rings. The Hall–Kier alpha value is -1.22. The van der Waals surface area contributed by atoms with Crippen molar-refractivity contribution < 1.29 is 9.53 Å². The fourth-order valence-corrected chi connectivity index (χ4v) is 2.07. The molecule has 0 spiro atoms. The van der Waals surface area contributed by atoms with Gasteiger partial charge in [0.15, 0.2) is 0 Å². The Kier molecular flexibility index (Phi) is 8.32. The first-order valence-corrected chi connectivity index (χ1v) is 8.59. The first-order chi connectivity index (χ1) is 10.5. The van der Waals surface area contributed by atoms with Gasteiger partial charge in [0.25, 0.3) is 0 Å². The fraction of sp³-hybridized carbons (Fsp3) is 0.611. The van der Waals surface area contributed by atoms with Gasteiger partial charge in [0.05, 0.1) is 12.0 Å². The first-order valence-electron chi connectivity index (χ1n) is 8.05. The van der Waals surface area contributed by atoms with Crippen LogP contribution in [0.5, 0.6) is 5.75 Å². The van der Waals surface area contributed by atoms with E-state index in [2.05, 4.69) is 18.3 Å². The highest BCUT2D eigenvalue weighted by atomic mass is 35.5. The molecule has 0 aliphatic rings. The summed E-state index contributed by atoms with van der Waals surface area (Å²) in [5.74, 6) is 1.22. The molecule has 0 bridgehead atoms. The average molecular weight is 326 g/mol. The van der Waals surface area contributed by atoms with Crippen molar-refractivity contribution >= 4 is 17.5 Å². The van der Waals surface area contributed by atoms with Crippen LogP contribution in [0.2, 0.25) is 0 Å². The number of benzene rings is 1. The monoisotopic (exact) mass is 325 g/mol. The zero-order chi connectivity index (χ0) is 16.4. The molecule has 0 radical (unpaired) electrons. The lowest BCUT2D eigenvalue weighted by molar-refractivity contribution is -0.128. The highest BCUT2D eigenvalue weighted by Gasteiger charge is 2.25. The minimum atomic E-state index is -0.522. The van der Waals surface area contributed by atoms with Crippen molar-refractivity contribution in [3.8, 4) is 5.75 Å². The van der Waals surface area contributed by atoms with E-state index in [4.69, 9.17) is 16.3 Å². The van der Waals surface area contributed by atoms with E-state index in [-0.39, 0.29) is 5.91 Å². The van der Waals surface area contributed by atoms with Gasteiger partial charge in [-0.1, -0.05) is 31.9 Å². The minimum Gasteiger partial charge on any atom is -0.494 e. The van der Waals surface area contributed by atoms with Crippen LogP contribution >= 0.6 is 11.6 Å². The van der Waals surface area contributed by atoms with E-state index in [9.17, 15) is 4.79 Å². The number of hydrogen-bond acceptors (Lipinski definition) is 2. The Morgan fingerprint density at radius 3 is 2.77 bits per heavy atom. The van der Waals surface area contributed by atoms with Crippen LogP contribution in [0.4, 0.5) is 0 Å². The largest absolute Gasteiger partial charge is 0.494 e. The molecule has 0 aliphatic heterocycles. The van der Waals surface area contributed by atoms with Crippen molar-refractivity contribution in [2.75, 3.05) is 19.0 Å². The maximum absolute atomic E-state index is 11.9. The number of alkyl halides is 1. The van der Waals surface area contributed by atoms with Gasteiger partial charge in [-0.15, -0.1) is 11.6 Å². The molecular formula is C18H28ClNO2. The average Bonchev–Trinajstić information content (AvgIpc) is 2.52. The Morgan fingerprint density at radius 1 is 1.32 bits per heavy atom. The fourth-order valence-electron chi connectivity index (χ4n) is 1.95. The third-order valence-corrected chi connectivity index (χ3v) is 4.23. The Morgan fingerprint density at radius 2 is 2.09 bits per heavy atom. The molecule has 124 valence electrons. The zero-order valence-corrected chi connectivity index (χ0v) is 14.7. The summed E-state index contributed by atoms with van der Waals surface area (Å²) in [4.78, 5) is 11.9. The number of ether oxygens (including phenoxy) is 1. The van der Waals surface area contributed by atoms with Crippen LogP contribution < -0.4 is 10.1 Å². The normalized spacial score (nSPS) is 11.3. The summed E-state index contributed by atoms with van der Waals surface area (Å²) < 4.78 is 5.74. The van der Waals surface area contributed by atoms with Crippen molar-refractivity contribution in [1.82, 2.24) is 5.32 Å². The van der Waals surface area contributed by atoms with Gasteiger partial charge in [-0.25, -0.2) is 0 Å². The van der Waals surface area contributed by atoms with Crippen LogP contribution in [0, 0.1) is 5.41 Å². The topological polar surface area (TPSA) is 38.3 Å². The van der Waals surface area contributed by atoms with E-state index in [1.54, 1.807) is 0 Å². The molecule has 1 rings (SSSR count). The summed E-state index contributed by atoms with van der Waals surface area (Å²) in [5, 5.41) is 2.94. The molecule has 3 nitrogen and oxygen atoms in total. The Bertz CT molecular complexity index is 460. The van der Waals surface area contributed by atoms with Gasteiger partial charge in [-0.05, 0) is 44.4 Å². The van der Waals surface area contributed by atoms with E-state index in [1.807, 2.05) is 32.0 Å². The van der Waals surface area contributed by atoms with Crippen LogP contribution in [0.15, 0.2) is 24.3 Å². The SMILES string of the molecule is CCCCCOc1cccc(CCNC(=O)C(C)(C)CCl)c1.